The van der Waals surface area contributed by atoms with E-state index in [1.54, 1.807) is 37.4 Å². The number of alkyl halides is 3. The van der Waals surface area contributed by atoms with Crippen LogP contribution in [0, 0.1) is 5.41 Å². The summed E-state index contributed by atoms with van der Waals surface area (Å²) in [5.41, 5.74) is -1.36. The molecule has 0 unspecified atom stereocenters. The van der Waals surface area contributed by atoms with Crippen molar-refractivity contribution in [3.05, 3.63) is 95.1 Å². The number of Topliss-reactive ketones (excluding diaryl/α,β-unsaturated/α-hetero) is 1. The minimum atomic E-state index is -4.48. The van der Waals surface area contributed by atoms with Crippen molar-refractivity contribution in [3.63, 3.8) is 0 Å². The van der Waals surface area contributed by atoms with Crippen LogP contribution in [0.2, 0.25) is 0 Å². The summed E-state index contributed by atoms with van der Waals surface area (Å²) in [6.45, 7) is 0.199. The van der Waals surface area contributed by atoms with Gasteiger partial charge < -0.3 is 10.1 Å². The second-order valence-corrected chi connectivity index (χ2v) is 9.35. The Morgan fingerprint density at radius 1 is 0.971 bits per heavy atom. The van der Waals surface area contributed by atoms with Crippen LogP contribution in [-0.2, 0) is 16.5 Å². The van der Waals surface area contributed by atoms with Crippen molar-refractivity contribution in [2.75, 3.05) is 25.5 Å². The van der Waals surface area contributed by atoms with Crippen molar-refractivity contribution in [1.82, 2.24) is 4.90 Å². The first-order chi connectivity index (χ1) is 16.7. The predicted octanol–water partition coefficient (Wildman–Crippen LogP) is 4.84. The molecule has 0 saturated carbocycles. The van der Waals surface area contributed by atoms with Crippen LogP contribution in [0.5, 0.6) is 5.75 Å². The Kier molecular flexibility index (Phi) is 4.48. The Hall–Kier alpha value is -3.65. The quantitative estimate of drug-likeness (QED) is 0.544. The molecule has 35 heavy (non-hydrogen) atoms. The lowest BCUT2D eigenvalue weighted by molar-refractivity contribution is -0.137. The second kappa shape index (κ2) is 7.18. The summed E-state index contributed by atoms with van der Waals surface area (Å²) in [4.78, 5) is 30.1. The zero-order valence-corrected chi connectivity index (χ0v) is 18.7. The Morgan fingerprint density at radius 2 is 1.66 bits per heavy atom. The van der Waals surface area contributed by atoms with Gasteiger partial charge in [0, 0.05) is 23.7 Å². The van der Waals surface area contributed by atoms with Gasteiger partial charge in [-0.2, -0.15) is 13.2 Å². The Bertz CT molecular complexity index is 1370. The molecule has 0 aliphatic carbocycles. The molecule has 1 fully saturated rings. The van der Waals surface area contributed by atoms with Gasteiger partial charge >= 0.3 is 6.18 Å². The lowest BCUT2D eigenvalue weighted by atomic mass is 9.57. The van der Waals surface area contributed by atoms with Crippen molar-refractivity contribution < 1.29 is 27.5 Å². The van der Waals surface area contributed by atoms with Crippen molar-refractivity contribution in [2.45, 2.75) is 17.6 Å². The van der Waals surface area contributed by atoms with Gasteiger partial charge in [0.15, 0.2) is 5.78 Å². The van der Waals surface area contributed by atoms with Gasteiger partial charge in [0.1, 0.15) is 23.3 Å². The molecular weight excluding hydrogens is 457 g/mol. The van der Waals surface area contributed by atoms with Crippen LogP contribution in [0.4, 0.5) is 18.9 Å². The van der Waals surface area contributed by atoms with Gasteiger partial charge in [0.25, 0.3) is 5.91 Å². The highest BCUT2D eigenvalue weighted by atomic mass is 19.4. The van der Waals surface area contributed by atoms with Crippen LogP contribution in [0.25, 0.3) is 0 Å². The van der Waals surface area contributed by atoms with Gasteiger partial charge in [-0.1, -0.05) is 42.5 Å². The van der Waals surface area contributed by atoms with E-state index in [1.807, 2.05) is 23.1 Å². The highest BCUT2D eigenvalue weighted by Gasteiger charge is 2.75. The summed E-state index contributed by atoms with van der Waals surface area (Å²) in [6, 6.07) is 19.0. The number of carbonyl (C=O) groups is 2. The van der Waals surface area contributed by atoms with E-state index >= 15 is 0 Å². The summed E-state index contributed by atoms with van der Waals surface area (Å²) in [7, 11) is 1.78. The number of carbonyl (C=O) groups excluding carboxylic acids is 2. The standard InChI is InChI=1S/C27H21F3N2O3/c1-32-14-20(16-10-12-17(13-11-16)27(28,29)30)25(15-35-22-9-5-2-6-18(22)23(25)33)26(32)19-7-3-4-8-21(19)31-24(26)34/h2-13,20H,14-15H2,1H3,(H,31,34)/t20-,25+,26-/m1/s1. The summed E-state index contributed by atoms with van der Waals surface area (Å²) in [5, 5.41) is 2.94. The number of benzene rings is 3. The Labute approximate surface area is 199 Å². The van der Waals surface area contributed by atoms with Gasteiger partial charge in [-0.15, -0.1) is 0 Å². The first-order valence-electron chi connectivity index (χ1n) is 11.3. The highest BCUT2D eigenvalue weighted by Crippen LogP contribution is 2.64. The zero-order chi connectivity index (χ0) is 24.6. The zero-order valence-electron chi connectivity index (χ0n) is 18.7. The molecule has 3 atom stereocenters. The van der Waals surface area contributed by atoms with Gasteiger partial charge in [0.2, 0.25) is 0 Å². The molecule has 3 heterocycles. The average molecular weight is 478 g/mol. The summed E-state index contributed by atoms with van der Waals surface area (Å²) in [5.74, 6) is -0.745. The molecule has 178 valence electrons. The van der Waals surface area contributed by atoms with Gasteiger partial charge in [-0.3, -0.25) is 14.5 Å². The number of likely N-dealkylation sites (tertiary alicyclic amines) is 1. The number of halogens is 3. The maximum absolute atomic E-state index is 14.4. The number of likely N-dealkylation sites (N-methyl/N-ethyl adjacent to an activating group) is 1. The number of amides is 1. The van der Waals surface area contributed by atoms with E-state index in [2.05, 4.69) is 5.32 Å². The number of nitrogens with zero attached hydrogens (tertiary/aromatic N) is 1. The first-order valence-corrected chi connectivity index (χ1v) is 11.3. The van der Waals surface area contributed by atoms with E-state index in [-0.39, 0.29) is 24.8 Å². The van der Waals surface area contributed by atoms with Gasteiger partial charge in [-0.05, 0) is 42.9 Å². The number of fused-ring (bicyclic) bond motifs is 4. The number of hydrogen-bond donors (Lipinski definition) is 1. The molecule has 3 aromatic rings. The van der Waals surface area contributed by atoms with Crippen molar-refractivity contribution in [3.8, 4) is 5.75 Å². The smallest absolute Gasteiger partial charge is 0.416 e. The van der Waals surface area contributed by atoms with Crippen molar-refractivity contribution in [2.24, 2.45) is 5.41 Å². The SMILES string of the molecule is CN1C[C@H](c2ccc(C(F)(F)F)cc2)[C@]2(COc3ccccc3C2=O)[C@@]12C(=O)Nc1ccccc12. The number of ether oxygens (including phenoxy) is 1. The predicted molar refractivity (Wildman–Crippen MR) is 122 cm³/mol. The highest BCUT2D eigenvalue weighted by molar-refractivity contribution is 6.15. The van der Waals surface area contributed by atoms with E-state index in [0.29, 0.717) is 28.1 Å². The molecule has 0 bridgehead atoms. The summed E-state index contributed by atoms with van der Waals surface area (Å²) in [6.07, 6.45) is -4.48. The van der Waals surface area contributed by atoms with Crippen LogP contribution in [0.15, 0.2) is 72.8 Å². The maximum atomic E-state index is 14.4. The number of nitrogens with one attached hydrogen (secondary N) is 1. The molecule has 1 amide bonds. The topological polar surface area (TPSA) is 58.6 Å². The summed E-state index contributed by atoms with van der Waals surface area (Å²) < 4.78 is 45.9. The fourth-order valence-corrected chi connectivity index (χ4v) is 6.32. The third-order valence-electron chi connectivity index (χ3n) is 7.80. The number of anilines is 1. The minimum absolute atomic E-state index is 0.0827. The van der Waals surface area contributed by atoms with Crippen LogP contribution in [0.1, 0.15) is 33.0 Å². The van der Waals surface area contributed by atoms with Crippen LogP contribution < -0.4 is 10.1 Å². The third kappa shape index (κ3) is 2.68. The normalized spacial score (nSPS) is 27.6. The van der Waals surface area contributed by atoms with Crippen LogP contribution in [-0.4, -0.2) is 36.8 Å². The molecule has 0 radical (unpaired) electrons. The van der Waals surface area contributed by atoms with Crippen molar-refractivity contribution in [1.29, 1.82) is 0 Å². The van der Waals surface area contributed by atoms with Crippen LogP contribution >= 0.6 is 0 Å². The molecule has 3 aliphatic heterocycles. The molecule has 2 spiro atoms. The number of para-hydroxylation sites is 2. The average Bonchev–Trinajstić information content (AvgIpc) is 3.29. The van der Waals surface area contributed by atoms with E-state index in [9.17, 15) is 22.8 Å². The lowest BCUT2D eigenvalue weighted by Gasteiger charge is -2.47. The molecule has 3 aliphatic rings. The number of ketones is 1. The number of hydrogen-bond acceptors (Lipinski definition) is 4. The molecule has 5 nitrogen and oxygen atoms in total. The second-order valence-electron chi connectivity index (χ2n) is 9.35. The van der Waals surface area contributed by atoms with Gasteiger partial charge in [-0.25, -0.2) is 0 Å². The van der Waals surface area contributed by atoms with E-state index in [0.717, 1.165) is 12.1 Å². The third-order valence-corrected chi connectivity index (χ3v) is 7.80. The summed E-state index contributed by atoms with van der Waals surface area (Å²) >= 11 is 0. The first kappa shape index (κ1) is 21.9. The molecular formula is C27H21F3N2O3. The fourth-order valence-electron chi connectivity index (χ4n) is 6.32. The van der Waals surface area contributed by atoms with E-state index < -0.39 is 28.6 Å². The molecule has 6 rings (SSSR count). The van der Waals surface area contributed by atoms with E-state index in [4.69, 9.17) is 4.74 Å². The molecule has 1 saturated heterocycles. The van der Waals surface area contributed by atoms with Gasteiger partial charge in [0.05, 0.1) is 11.1 Å². The molecule has 1 N–H and O–H groups in total. The number of rotatable bonds is 1. The monoisotopic (exact) mass is 478 g/mol. The molecule has 8 heteroatoms. The lowest BCUT2D eigenvalue weighted by Crippen LogP contribution is -2.62. The van der Waals surface area contributed by atoms with Crippen molar-refractivity contribution >= 4 is 17.4 Å². The minimum Gasteiger partial charge on any atom is -0.492 e. The Balaban J connectivity index is 1.61. The fraction of sp³-hybridized carbons (Fsp3) is 0.259. The van der Waals surface area contributed by atoms with E-state index in [1.165, 1.54) is 12.1 Å². The molecule has 0 aromatic heterocycles. The largest absolute Gasteiger partial charge is 0.492 e. The molecule has 3 aromatic carbocycles. The maximum Gasteiger partial charge on any atom is 0.416 e. The van der Waals surface area contributed by atoms with Crippen LogP contribution in [0.3, 0.4) is 0 Å². The Morgan fingerprint density at radius 3 is 2.40 bits per heavy atom.